The fourth-order valence-corrected chi connectivity index (χ4v) is 1.92. The summed E-state index contributed by atoms with van der Waals surface area (Å²) in [5, 5.41) is 0. The highest BCUT2D eigenvalue weighted by Gasteiger charge is 2.24. The molecular formula is C11H20NO6P. The van der Waals surface area contributed by atoms with Crippen LogP contribution in [0, 0.1) is 0 Å². The maximum Gasteiger partial charge on any atom is 0.334 e. The lowest BCUT2D eigenvalue weighted by atomic mass is 10.2. The molecule has 0 radical (unpaired) electrons. The van der Waals surface area contributed by atoms with Crippen LogP contribution in [-0.2, 0) is 18.9 Å². The molecule has 0 aliphatic carbocycles. The molecule has 7 nitrogen and oxygen atoms in total. The van der Waals surface area contributed by atoms with E-state index in [9.17, 15) is 18.9 Å². The Bertz CT molecular complexity index is 389. The molecule has 0 aromatic carbocycles. The number of hydrogen-bond donors (Lipinski definition) is 2. The zero-order valence-corrected chi connectivity index (χ0v) is 12.1. The third-order valence-electron chi connectivity index (χ3n) is 2.48. The summed E-state index contributed by atoms with van der Waals surface area (Å²) in [6.07, 6.45) is -0.326. The van der Waals surface area contributed by atoms with Crippen LogP contribution in [0.4, 0.5) is 0 Å². The van der Waals surface area contributed by atoms with Gasteiger partial charge in [-0.3, -0.25) is 18.9 Å². The topological polar surface area (TPSA) is 112 Å². The predicted molar refractivity (Wildman–Crippen MR) is 68.7 cm³/mol. The molecule has 0 aliphatic heterocycles. The van der Waals surface area contributed by atoms with Gasteiger partial charge in [-0.2, -0.15) is 0 Å². The van der Waals surface area contributed by atoms with Crippen LogP contribution in [0.25, 0.3) is 0 Å². The van der Waals surface area contributed by atoms with Crippen molar-refractivity contribution in [2.75, 3.05) is 19.3 Å². The van der Waals surface area contributed by atoms with Crippen molar-refractivity contribution < 1.29 is 28.7 Å². The molecule has 0 unspecified atom stereocenters. The molecule has 0 saturated heterocycles. The largest absolute Gasteiger partial charge is 0.341 e. The van der Waals surface area contributed by atoms with Crippen LogP contribution in [0.5, 0.6) is 0 Å². The van der Waals surface area contributed by atoms with Gasteiger partial charge in [0.1, 0.15) is 17.7 Å². The van der Waals surface area contributed by atoms with Crippen LogP contribution < -0.4 is 0 Å². The summed E-state index contributed by atoms with van der Waals surface area (Å²) < 4.78 is 10.8. The van der Waals surface area contributed by atoms with Crippen molar-refractivity contribution in [3.05, 3.63) is 0 Å². The maximum atomic E-state index is 11.7. The minimum absolute atomic E-state index is 0.0446. The van der Waals surface area contributed by atoms with E-state index in [-0.39, 0.29) is 37.5 Å². The Kier molecular flexibility index (Phi) is 7.75. The van der Waals surface area contributed by atoms with E-state index < -0.39 is 19.7 Å². The number of nitrogens with zero attached hydrogens (tertiary/aromatic N) is 1. The highest BCUT2D eigenvalue weighted by Crippen LogP contribution is 2.34. The Labute approximate surface area is 112 Å². The van der Waals surface area contributed by atoms with Gasteiger partial charge in [0.25, 0.3) is 0 Å². The van der Waals surface area contributed by atoms with E-state index in [1.807, 2.05) is 0 Å². The lowest BCUT2D eigenvalue weighted by Gasteiger charge is -2.22. The molecule has 2 N–H and O–H groups in total. The Morgan fingerprint density at radius 3 is 2.05 bits per heavy atom. The van der Waals surface area contributed by atoms with Gasteiger partial charge in [-0.1, -0.05) is 6.92 Å². The van der Waals surface area contributed by atoms with Gasteiger partial charge in [-0.15, -0.1) is 0 Å². The number of hydrogen-bond acceptors (Lipinski definition) is 4. The highest BCUT2D eigenvalue weighted by molar-refractivity contribution is 7.52. The van der Waals surface area contributed by atoms with E-state index >= 15 is 0 Å². The van der Waals surface area contributed by atoms with Crippen molar-refractivity contribution in [1.29, 1.82) is 0 Å². The molecule has 8 heteroatoms. The Balaban J connectivity index is 4.55. The van der Waals surface area contributed by atoms with Gasteiger partial charge in [0, 0.05) is 32.4 Å². The minimum atomic E-state index is -4.44. The first-order chi connectivity index (χ1) is 8.65. The third-order valence-corrected chi connectivity index (χ3v) is 3.17. The van der Waals surface area contributed by atoms with Gasteiger partial charge in [0.2, 0.25) is 5.91 Å². The average Bonchev–Trinajstić information content (AvgIpc) is 2.25. The minimum Gasteiger partial charge on any atom is -0.341 e. The normalized spacial score (nSPS) is 11.2. The van der Waals surface area contributed by atoms with Crippen LogP contribution in [0.3, 0.4) is 0 Å². The van der Waals surface area contributed by atoms with E-state index in [1.54, 1.807) is 6.92 Å². The first-order valence-electron chi connectivity index (χ1n) is 5.99. The highest BCUT2D eigenvalue weighted by atomic mass is 31.2. The van der Waals surface area contributed by atoms with Gasteiger partial charge >= 0.3 is 7.60 Å². The monoisotopic (exact) mass is 293 g/mol. The standard InChI is InChI=1S/C11H20NO6P/c1-3-10(14)5-7-12(6-4-9(2)13)11(15)8-19(16,17)18/h3-8H2,1-2H3,(H2,16,17,18). The zero-order chi connectivity index (χ0) is 15.1. The Morgan fingerprint density at radius 2 is 1.63 bits per heavy atom. The van der Waals surface area contributed by atoms with Gasteiger partial charge in [0.15, 0.2) is 0 Å². The number of carbonyl (C=O) groups is 3. The summed E-state index contributed by atoms with van der Waals surface area (Å²) in [5.74, 6) is -0.911. The first-order valence-corrected chi connectivity index (χ1v) is 7.79. The van der Waals surface area contributed by atoms with Crippen LogP contribution in [0.1, 0.15) is 33.1 Å². The van der Waals surface area contributed by atoms with Crippen LogP contribution in [0.2, 0.25) is 0 Å². The first kappa shape index (κ1) is 18.0. The van der Waals surface area contributed by atoms with Crippen molar-refractivity contribution in [2.24, 2.45) is 0 Å². The molecule has 1 amide bonds. The zero-order valence-electron chi connectivity index (χ0n) is 11.2. The lowest BCUT2D eigenvalue weighted by molar-refractivity contribution is -0.129. The van der Waals surface area contributed by atoms with E-state index in [0.717, 1.165) is 4.90 Å². The SMILES string of the molecule is CCC(=O)CCN(CCC(C)=O)C(=O)CP(=O)(O)O. The smallest absolute Gasteiger partial charge is 0.334 e. The third kappa shape index (κ3) is 9.53. The number of carbonyl (C=O) groups excluding carboxylic acids is 3. The van der Waals surface area contributed by atoms with E-state index in [0.29, 0.717) is 6.42 Å². The number of rotatable bonds is 9. The Morgan fingerprint density at radius 1 is 1.11 bits per heavy atom. The summed E-state index contributed by atoms with van der Waals surface area (Å²) in [6.45, 7) is 3.21. The van der Waals surface area contributed by atoms with Gasteiger partial charge < -0.3 is 14.7 Å². The molecule has 0 atom stereocenters. The van der Waals surface area contributed by atoms with Crippen LogP contribution in [-0.4, -0.2) is 51.4 Å². The number of amides is 1. The molecule has 19 heavy (non-hydrogen) atoms. The second kappa shape index (κ2) is 8.19. The summed E-state index contributed by atoms with van der Waals surface area (Å²) in [5.41, 5.74) is 0. The fourth-order valence-electron chi connectivity index (χ4n) is 1.37. The van der Waals surface area contributed by atoms with Crippen molar-refractivity contribution in [2.45, 2.75) is 33.1 Å². The van der Waals surface area contributed by atoms with Crippen molar-refractivity contribution >= 4 is 25.1 Å². The summed E-state index contributed by atoms with van der Waals surface area (Å²) in [4.78, 5) is 52.5. The molecular weight excluding hydrogens is 273 g/mol. The molecule has 0 bridgehead atoms. The van der Waals surface area contributed by atoms with Crippen molar-refractivity contribution in [3.63, 3.8) is 0 Å². The van der Waals surface area contributed by atoms with Gasteiger partial charge in [0.05, 0.1) is 0 Å². The molecule has 0 aromatic heterocycles. The molecule has 0 saturated carbocycles. The van der Waals surface area contributed by atoms with E-state index in [1.165, 1.54) is 6.92 Å². The van der Waals surface area contributed by atoms with E-state index in [4.69, 9.17) is 9.79 Å². The maximum absolute atomic E-state index is 11.7. The fraction of sp³-hybridized carbons (Fsp3) is 0.727. The van der Waals surface area contributed by atoms with E-state index in [2.05, 4.69) is 0 Å². The lowest BCUT2D eigenvalue weighted by Crippen LogP contribution is -2.36. The van der Waals surface area contributed by atoms with Crippen molar-refractivity contribution in [1.82, 2.24) is 4.90 Å². The van der Waals surface area contributed by atoms with Gasteiger partial charge in [-0.25, -0.2) is 0 Å². The summed E-state index contributed by atoms with van der Waals surface area (Å²) in [7, 11) is -4.44. The molecule has 0 rings (SSSR count). The second-order valence-corrected chi connectivity index (χ2v) is 5.94. The quantitative estimate of drug-likeness (QED) is 0.593. The van der Waals surface area contributed by atoms with Gasteiger partial charge in [-0.05, 0) is 6.92 Å². The number of Topliss-reactive ketones (excluding diaryl/α,β-unsaturated/α-hetero) is 2. The Hall–Kier alpha value is -1.04. The average molecular weight is 293 g/mol. The predicted octanol–water partition coefficient (Wildman–Crippen LogP) is 0.341. The molecule has 0 aromatic rings. The second-order valence-electron chi connectivity index (χ2n) is 4.30. The summed E-state index contributed by atoms with van der Waals surface area (Å²) in [6, 6.07) is 0. The molecule has 110 valence electrons. The molecule has 0 heterocycles. The summed E-state index contributed by atoms with van der Waals surface area (Å²) >= 11 is 0. The van der Waals surface area contributed by atoms with Crippen LogP contribution in [0.15, 0.2) is 0 Å². The number of ketones is 2. The molecule has 0 spiro atoms. The van der Waals surface area contributed by atoms with Crippen molar-refractivity contribution in [3.8, 4) is 0 Å². The molecule has 0 fully saturated rings. The van der Waals surface area contributed by atoms with Crippen LogP contribution >= 0.6 is 7.60 Å². The molecule has 0 aliphatic rings.